The van der Waals surface area contributed by atoms with Crippen LogP contribution in [-0.2, 0) is 11.3 Å². The average Bonchev–Trinajstić information content (AvgIpc) is 2.84. The first-order chi connectivity index (χ1) is 8.66. The van der Waals surface area contributed by atoms with Crippen LogP contribution in [-0.4, -0.2) is 30.9 Å². The summed E-state index contributed by atoms with van der Waals surface area (Å²) in [5.41, 5.74) is 1.000. The topological polar surface area (TPSA) is 32.3 Å². The minimum atomic E-state index is 0.198. The minimum Gasteiger partial charge on any atom is -0.341 e. The van der Waals surface area contributed by atoms with Gasteiger partial charge in [-0.15, -0.1) is 0 Å². The molecule has 1 fully saturated rings. The lowest BCUT2D eigenvalue weighted by molar-refractivity contribution is -0.131. The van der Waals surface area contributed by atoms with E-state index in [1.165, 1.54) is 0 Å². The lowest BCUT2D eigenvalue weighted by atomic mass is 10.0. The van der Waals surface area contributed by atoms with E-state index in [2.05, 4.69) is 5.32 Å². The van der Waals surface area contributed by atoms with Crippen LogP contribution in [0.4, 0.5) is 0 Å². The molecule has 1 atom stereocenters. The van der Waals surface area contributed by atoms with Gasteiger partial charge < -0.3 is 10.2 Å². The van der Waals surface area contributed by atoms with Crippen molar-refractivity contribution in [3.63, 3.8) is 0 Å². The molecule has 4 heteroatoms. The molecule has 2 rings (SSSR count). The molecule has 0 bridgehead atoms. The maximum atomic E-state index is 12.1. The summed E-state index contributed by atoms with van der Waals surface area (Å²) in [6.45, 7) is 2.58. The Bertz CT molecular complexity index is 416. The third-order valence-corrected chi connectivity index (χ3v) is 3.79. The van der Waals surface area contributed by atoms with Crippen molar-refractivity contribution in [1.29, 1.82) is 0 Å². The van der Waals surface area contributed by atoms with Gasteiger partial charge in [0.2, 0.25) is 5.91 Å². The SMILES string of the molecule is CN(Cc1ccccc1Cl)C(=O)C[C@@H]1CCNC1. The summed E-state index contributed by atoms with van der Waals surface area (Å²) in [6.07, 6.45) is 1.74. The van der Waals surface area contributed by atoms with Gasteiger partial charge in [0.1, 0.15) is 0 Å². The number of halogens is 1. The smallest absolute Gasteiger partial charge is 0.222 e. The van der Waals surface area contributed by atoms with Gasteiger partial charge in [0.15, 0.2) is 0 Å². The van der Waals surface area contributed by atoms with Gasteiger partial charge in [-0.2, -0.15) is 0 Å². The highest BCUT2D eigenvalue weighted by Crippen LogP contribution is 2.18. The summed E-state index contributed by atoms with van der Waals surface area (Å²) in [5, 5.41) is 4.01. The van der Waals surface area contributed by atoms with E-state index in [1.807, 2.05) is 31.3 Å². The summed E-state index contributed by atoms with van der Waals surface area (Å²) in [4.78, 5) is 13.8. The molecule has 1 heterocycles. The largest absolute Gasteiger partial charge is 0.341 e. The summed E-state index contributed by atoms with van der Waals surface area (Å²) < 4.78 is 0. The number of hydrogen-bond donors (Lipinski definition) is 1. The average molecular weight is 267 g/mol. The molecule has 0 aliphatic carbocycles. The Labute approximate surface area is 113 Å². The van der Waals surface area contributed by atoms with Gasteiger partial charge in [-0.3, -0.25) is 4.79 Å². The van der Waals surface area contributed by atoms with Crippen molar-refractivity contribution in [3.05, 3.63) is 34.9 Å². The van der Waals surface area contributed by atoms with E-state index in [1.54, 1.807) is 4.90 Å². The summed E-state index contributed by atoms with van der Waals surface area (Å²) in [7, 11) is 1.84. The van der Waals surface area contributed by atoms with Gasteiger partial charge in [-0.25, -0.2) is 0 Å². The van der Waals surface area contributed by atoms with Crippen LogP contribution in [0.25, 0.3) is 0 Å². The maximum Gasteiger partial charge on any atom is 0.222 e. The first-order valence-corrected chi connectivity index (χ1v) is 6.72. The third-order valence-electron chi connectivity index (χ3n) is 3.42. The lowest BCUT2D eigenvalue weighted by Gasteiger charge is -2.19. The fourth-order valence-corrected chi connectivity index (χ4v) is 2.46. The van der Waals surface area contributed by atoms with E-state index in [4.69, 9.17) is 11.6 Å². The number of rotatable bonds is 4. The molecular weight excluding hydrogens is 248 g/mol. The van der Waals surface area contributed by atoms with Gasteiger partial charge >= 0.3 is 0 Å². The van der Waals surface area contributed by atoms with E-state index in [-0.39, 0.29) is 5.91 Å². The molecule has 1 amide bonds. The Balaban J connectivity index is 1.89. The van der Waals surface area contributed by atoms with Crippen molar-refractivity contribution in [1.82, 2.24) is 10.2 Å². The van der Waals surface area contributed by atoms with Crippen LogP contribution in [0.5, 0.6) is 0 Å². The normalized spacial score (nSPS) is 18.9. The van der Waals surface area contributed by atoms with Gasteiger partial charge in [-0.1, -0.05) is 29.8 Å². The first kappa shape index (κ1) is 13.4. The number of hydrogen-bond acceptors (Lipinski definition) is 2. The van der Waals surface area contributed by atoms with Crippen LogP contribution in [0.2, 0.25) is 5.02 Å². The van der Waals surface area contributed by atoms with Crippen molar-refractivity contribution >= 4 is 17.5 Å². The zero-order valence-corrected chi connectivity index (χ0v) is 11.4. The van der Waals surface area contributed by atoms with E-state index in [0.29, 0.717) is 18.9 Å². The molecule has 18 heavy (non-hydrogen) atoms. The summed E-state index contributed by atoms with van der Waals surface area (Å²) in [5.74, 6) is 0.690. The number of carbonyl (C=O) groups is 1. The second-order valence-electron chi connectivity index (χ2n) is 4.90. The Kier molecular flexibility index (Phi) is 4.61. The lowest BCUT2D eigenvalue weighted by Crippen LogP contribution is -2.28. The van der Waals surface area contributed by atoms with E-state index in [9.17, 15) is 4.79 Å². The molecule has 3 nitrogen and oxygen atoms in total. The Morgan fingerprint density at radius 1 is 1.50 bits per heavy atom. The van der Waals surface area contributed by atoms with Gasteiger partial charge in [0.25, 0.3) is 0 Å². The Morgan fingerprint density at radius 3 is 2.94 bits per heavy atom. The molecule has 1 aromatic carbocycles. The second kappa shape index (κ2) is 6.21. The quantitative estimate of drug-likeness (QED) is 0.907. The fourth-order valence-electron chi connectivity index (χ4n) is 2.26. The van der Waals surface area contributed by atoms with Crippen LogP contribution in [0.3, 0.4) is 0 Å². The van der Waals surface area contributed by atoms with Crippen LogP contribution < -0.4 is 5.32 Å². The van der Waals surface area contributed by atoms with Gasteiger partial charge in [0.05, 0.1) is 0 Å². The predicted octanol–water partition coefficient (Wildman–Crippen LogP) is 2.30. The molecule has 1 aromatic rings. The molecule has 0 aromatic heterocycles. The van der Waals surface area contributed by atoms with Crippen LogP contribution >= 0.6 is 11.6 Å². The zero-order valence-electron chi connectivity index (χ0n) is 10.7. The van der Waals surface area contributed by atoms with E-state index >= 15 is 0 Å². The van der Waals surface area contributed by atoms with E-state index < -0.39 is 0 Å². The van der Waals surface area contributed by atoms with Gasteiger partial charge in [0, 0.05) is 25.0 Å². The third kappa shape index (κ3) is 3.47. The summed E-state index contributed by atoms with van der Waals surface area (Å²) >= 11 is 6.10. The molecule has 1 saturated heterocycles. The molecule has 0 radical (unpaired) electrons. The maximum absolute atomic E-state index is 12.1. The highest BCUT2D eigenvalue weighted by molar-refractivity contribution is 6.31. The first-order valence-electron chi connectivity index (χ1n) is 6.35. The van der Waals surface area contributed by atoms with Crippen molar-refractivity contribution in [2.45, 2.75) is 19.4 Å². The predicted molar refractivity (Wildman–Crippen MR) is 73.5 cm³/mol. The molecular formula is C14H19ClN2O. The molecule has 0 saturated carbocycles. The Morgan fingerprint density at radius 2 is 2.28 bits per heavy atom. The van der Waals surface area contributed by atoms with Crippen molar-refractivity contribution in [2.24, 2.45) is 5.92 Å². The molecule has 0 spiro atoms. The van der Waals surface area contributed by atoms with Crippen molar-refractivity contribution < 1.29 is 4.79 Å². The monoisotopic (exact) mass is 266 g/mol. The molecule has 1 aliphatic heterocycles. The van der Waals surface area contributed by atoms with Gasteiger partial charge in [-0.05, 0) is 37.1 Å². The molecule has 98 valence electrons. The number of carbonyl (C=O) groups excluding carboxylic acids is 1. The van der Waals surface area contributed by atoms with Crippen molar-refractivity contribution in [2.75, 3.05) is 20.1 Å². The molecule has 0 unspecified atom stereocenters. The highest BCUT2D eigenvalue weighted by atomic mass is 35.5. The standard InChI is InChI=1S/C14H19ClN2O/c1-17(10-12-4-2-3-5-13(12)15)14(18)8-11-6-7-16-9-11/h2-5,11,16H,6-10H2,1H3/t11-/m0/s1. The zero-order chi connectivity index (χ0) is 13.0. The molecule has 1 aliphatic rings. The highest BCUT2D eigenvalue weighted by Gasteiger charge is 2.20. The minimum absolute atomic E-state index is 0.198. The fraction of sp³-hybridized carbons (Fsp3) is 0.500. The van der Waals surface area contributed by atoms with Crippen LogP contribution in [0, 0.1) is 5.92 Å². The summed E-state index contributed by atoms with van der Waals surface area (Å²) in [6, 6.07) is 7.66. The Hall–Kier alpha value is -1.06. The van der Waals surface area contributed by atoms with Crippen molar-refractivity contribution in [3.8, 4) is 0 Å². The van der Waals surface area contributed by atoms with Crippen LogP contribution in [0.1, 0.15) is 18.4 Å². The molecule has 1 N–H and O–H groups in total. The second-order valence-corrected chi connectivity index (χ2v) is 5.31. The number of nitrogens with one attached hydrogen (secondary N) is 1. The number of amides is 1. The van der Waals surface area contributed by atoms with Crippen LogP contribution in [0.15, 0.2) is 24.3 Å². The number of nitrogens with zero attached hydrogens (tertiary/aromatic N) is 1. The van der Waals surface area contributed by atoms with E-state index in [0.717, 1.165) is 30.1 Å². The number of benzene rings is 1.